The molecule has 0 aromatic heterocycles. The van der Waals surface area contributed by atoms with Gasteiger partial charge in [-0.1, -0.05) is 17.7 Å². The maximum absolute atomic E-state index is 8.62. The molecule has 0 spiro atoms. The Labute approximate surface area is 64.8 Å². The standard InChI is InChI=1S/C7H7ClN2/c1-7(4-9)3-2-6(8)10-5-7/h2-3H,5H2,1H3. The highest BCUT2D eigenvalue weighted by molar-refractivity contribution is 6.68. The summed E-state index contributed by atoms with van der Waals surface area (Å²) in [5.41, 5.74) is -0.446. The van der Waals surface area contributed by atoms with E-state index in [-0.39, 0.29) is 0 Å². The number of hydrogen-bond acceptors (Lipinski definition) is 2. The van der Waals surface area contributed by atoms with E-state index in [0.717, 1.165) is 0 Å². The Kier molecular flexibility index (Phi) is 1.78. The predicted octanol–water partition coefficient (Wildman–Crippen LogP) is 1.72. The quantitative estimate of drug-likeness (QED) is 0.524. The molecule has 10 heavy (non-hydrogen) atoms. The summed E-state index contributed by atoms with van der Waals surface area (Å²) in [4.78, 5) is 3.93. The van der Waals surface area contributed by atoms with Crippen molar-refractivity contribution in [1.29, 1.82) is 5.26 Å². The van der Waals surface area contributed by atoms with Crippen molar-refractivity contribution in [2.45, 2.75) is 6.92 Å². The van der Waals surface area contributed by atoms with Gasteiger partial charge in [-0.2, -0.15) is 5.26 Å². The van der Waals surface area contributed by atoms with Gasteiger partial charge in [-0.25, -0.2) is 0 Å². The normalized spacial score (nSPS) is 31.1. The second-order valence-corrected chi connectivity index (χ2v) is 2.89. The second kappa shape index (κ2) is 2.43. The van der Waals surface area contributed by atoms with Crippen molar-refractivity contribution in [2.24, 2.45) is 10.4 Å². The van der Waals surface area contributed by atoms with Gasteiger partial charge in [-0.15, -0.1) is 0 Å². The van der Waals surface area contributed by atoms with Crippen molar-refractivity contribution in [1.82, 2.24) is 0 Å². The third-order valence-corrected chi connectivity index (χ3v) is 1.65. The van der Waals surface area contributed by atoms with Crippen LogP contribution in [0.25, 0.3) is 0 Å². The molecule has 0 N–H and O–H groups in total. The number of dihydropyridines is 1. The summed E-state index contributed by atoms with van der Waals surface area (Å²) < 4.78 is 0. The van der Waals surface area contributed by atoms with Gasteiger partial charge in [0.2, 0.25) is 0 Å². The van der Waals surface area contributed by atoms with Crippen LogP contribution in [0.3, 0.4) is 0 Å². The van der Waals surface area contributed by atoms with Crippen LogP contribution in [0.1, 0.15) is 6.92 Å². The van der Waals surface area contributed by atoms with Crippen LogP contribution in [-0.2, 0) is 0 Å². The summed E-state index contributed by atoms with van der Waals surface area (Å²) in [5.74, 6) is 0. The topological polar surface area (TPSA) is 36.1 Å². The molecular formula is C7H7ClN2. The molecule has 0 fully saturated rings. The second-order valence-electron chi connectivity index (χ2n) is 2.50. The van der Waals surface area contributed by atoms with E-state index >= 15 is 0 Å². The van der Waals surface area contributed by atoms with E-state index in [0.29, 0.717) is 11.7 Å². The molecule has 1 aliphatic rings. The van der Waals surface area contributed by atoms with Gasteiger partial charge in [0.15, 0.2) is 0 Å². The molecule has 1 heterocycles. The highest BCUT2D eigenvalue weighted by atomic mass is 35.5. The number of halogens is 1. The maximum Gasteiger partial charge on any atom is 0.123 e. The predicted molar refractivity (Wildman–Crippen MR) is 41.0 cm³/mol. The van der Waals surface area contributed by atoms with Crippen molar-refractivity contribution in [2.75, 3.05) is 6.54 Å². The Morgan fingerprint density at radius 1 is 1.90 bits per heavy atom. The fraction of sp³-hybridized carbons (Fsp3) is 0.429. The Balaban J connectivity index is 2.80. The van der Waals surface area contributed by atoms with E-state index in [1.807, 2.05) is 6.92 Å². The zero-order valence-corrected chi connectivity index (χ0v) is 6.39. The van der Waals surface area contributed by atoms with Crippen molar-refractivity contribution < 1.29 is 0 Å². The smallest absolute Gasteiger partial charge is 0.123 e. The average Bonchev–Trinajstić information content (AvgIpc) is 1.96. The first kappa shape index (κ1) is 7.30. The zero-order valence-electron chi connectivity index (χ0n) is 5.63. The molecule has 0 bridgehead atoms. The molecule has 0 saturated heterocycles. The van der Waals surface area contributed by atoms with Gasteiger partial charge in [0.25, 0.3) is 0 Å². The lowest BCUT2D eigenvalue weighted by atomic mass is 9.91. The molecule has 2 nitrogen and oxygen atoms in total. The van der Waals surface area contributed by atoms with E-state index in [2.05, 4.69) is 11.1 Å². The average molecular weight is 155 g/mol. The summed E-state index contributed by atoms with van der Waals surface area (Å²) in [6.45, 7) is 2.30. The molecule has 0 aromatic carbocycles. The molecule has 1 atom stereocenters. The lowest BCUT2D eigenvalue weighted by Gasteiger charge is -2.16. The first-order valence-corrected chi connectivity index (χ1v) is 3.34. The SMILES string of the molecule is CC1(C#N)C=CC(Cl)=NC1. The summed E-state index contributed by atoms with van der Waals surface area (Å²) >= 11 is 5.55. The Hall–Kier alpha value is -0.810. The first-order chi connectivity index (χ1) is 4.66. The van der Waals surface area contributed by atoms with Crippen LogP contribution in [0, 0.1) is 16.7 Å². The van der Waals surface area contributed by atoms with E-state index in [1.54, 1.807) is 12.2 Å². The molecule has 3 heteroatoms. The van der Waals surface area contributed by atoms with Gasteiger partial charge in [0.05, 0.1) is 18.0 Å². The number of rotatable bonds is 0. The third kappa shape index (κ3) is 1.37. The summed E-state index contributed by atoms with van der Waals surface area (Å²) in [5, 5.41) is 9.10. The van der Waals surface area contributed by atoms with Gasteiger partial charge < -0.3 is 0 Å². The largest absolute Gasteiger partial charge is 0.271 e. The van der Waals surface area contributed by atoms with Crippen molar-refractivity contribution >= 4 is 16.8 Å². The Morgan fingerprint density at radius 2 is 2.60 bits per heavy atom. The van der Waals surface area contributed by atoms with Crippen LogP contribution in [-0.4, -0.2) is 11.7 Å². The highest BCUT2D eigenvalue weighted by Crippen LogP contribution is 2.21. The number of hydrogen-bond donors (Lipinski definition) is 0. The van der Waals surface area contributed by atoms with Crippen LogP contribution in [0.2, 0.25) is 0 Å². The maximum atomic E-state index is 8.62. The number of allylic oxidation sites excluding steroid dienone is 1. The van der Waals surface area contributed by atoms with Crippen molar-refractivity contribution in [3.63, 3.8) is 0 Å². The summed E-state index contributed by atoms with van der Waals surface area (Å²) in [6, 6.07) is 2.15. The molecule has 0 aliphatic carbocycles. The van der Waals surface area contributed by atoms with Gasteiger partial charge in [0, 0.05) is 0 Å². The lowest BCUT2D eigenvalue weighted by Crippen LogP contribution is -2.18. The minimum atomic E-state index is -0.446. The van der Waals surface area contributed by atoms with Crippen LogP contribution >= 0.6 is 11.6 Å². The van der Waals surface area contributed by atoms with E-state index < -0.39 is 5.41 Å². The van der Waals surface area contributed by atoms with Gasteiger partial charge in [-0.05, 0) is 13.0 Å². The van der Waals surface area contributed by atoms with Crippen LogP contribution in [0.5, 0.6) is 0 Å². The van der Waals surface area contributed by atoms with Crippen LogP contribution in [0.4, 0.5) is 0 Å². The fourth-order valence-electron chi connectivity index (χ4n) is 0.670. The van der Waals surface area contributed by atoms with Gasteiger partial charge >= 0.3 is 0 Å². The van der Waals surface area contributed by atoms with Crippen LogP contribution < -0.4 is 0 Å². The van der Waals surface area contributed by atoms with Gasteiger partial charge in [-0.3, -0.25) is 4.99 Å². The number of nitriles is 1. The minimum absolute atomic E-state index is 0.446. The van der Waals surface area contributed by atoms with E-state index in [9.17, 15) is 0 Å². The molecule has 1 rings (SSSR count). The Morgan fingerprint density at radius 3 is 3.00 bits per heavy atom. The van der Waals surface area contributed by atoms with Crippen LogP contribution in [0.15, 0.2) is 17.1 Å². The Bertz CT molecular complexity index is 236. The molecule has 0 aromatic rings. The van der Waals surface area contributed by atoms with E-state index in [1.165, 1.54) is 0 Å². The number of nitrogens with zero attached hydrogens (tertiary/aromatic N) is 2. The number of aliphatic imine (C=N–C) groups is 1. The van der Waals surface area contributed by atoms with Gasteiger partial charge in [0.1, 0.15) is 5.17 Å². The molecule has 0 saturated carbocycles. The minimum Gasteiger partial charge on any atom is -0.271 e. The monoisotopic (exact) mass is 154 g/mol. The van der Waals surface area contributed by atoms with Crippen molar-refractivity contribution in [3.8, 4) is 6.07 Å². The molecule has 52 valence electrons. The third-order valence-electron chi connectivity index (χ3n) is 1.40. The first-order valence-electron chi connectivity index (χ1n) is 2.97. The zero-order chi connectivity index (χ0) is 7.61. The molecule has 0 radical (unpaired) electrons. The molecule has 1 aliphatic heterocycles. The van der Waals surface area contributed by atoms with Crippen molar-refractivity contribution in [3.05, 3.63) is 12.2 Å². The fourth-order valence-corrected chi connectivity index (χ4v) is 0.793. The lowest BCUT2D eigenvalue weighted by molar-refractivity contribution is 0.580. The van der Waals surface area contributed by atoms with E-state index in [4.69, 9.17) is 16.9 Å². The highest BCUT2D eigenvalue weighted by Gasteiger charge is 2.21. The summed E-state index contributed by atoms with van der Waals surface area (Å²) in [7, 11) is 0. The molecule has 0 amide bonds. The molecule has 1 unspecified atom stereocenters. The molecular weight excluding hydrogens is 148 g/mol. The summed E-state index contributed by atoms with van der Waals surface area (Å²) in [6.07, 6.45) is 3.44.